The van der Waals surface area contributed by atoms with E-state index >= 15 is 0 Å². The smallest absolute Gasteiger partial charge is 0.270 e. The van der Waals surface area contributed by atoms with Crippen LogP contribution in [0.1, 0.15) is 52.6 Å². The molecule has 2 fully saturated rings. The molecule has 4 rings (SSSR count). The Morgan fingerprint density at radius 2 is 2.27 bits per heavy atom. The second kappa shape index (κ2) is 7.11. The Labute approximate surface area is 155 Å². The van der Waals surface area contributed by atoms with Gasteiger partial charge in [0, 0.05) is 23.7 Å². The van der Waals surface area contributed by atoms with Gasteiger partial charge in [-0.2, -0.15) is 5.26 Å². The van der Waals surface area contributed by atoms with Crippen LogP contribution in [-0.4, -0.2) is 28.0 Å². The quantitative estimate of drug-likeness (QED) is 0.764. The van der Waals surface area contributed by atoms with Crippen LogP contribution in [0, 0.1) is 24.2 Å². The zero-order valence-corrected chi connectivity index (χ0v) is 15.2. The highest BCUT2D eigenvalue weighted by atomic mass is 32.1. The van der Waals surface area contributed by atoms with Gasteiger partial charge in [0.15, 0.2) is 0 Å². The lowest BCUT2D eigenvalue weighted by molar-refractivity contribution is 0.0909. The number of fused-ring (bicyclic) bond motifs is 1. The van der Waals surface area contributed by atoms with Gasteiger partial charge in [-0.25, -0.2) is 15.4 Å². The van der Waals surface area contributed by atoms with Crippen molar-refractivity contribution >= 4 is 17.2 Å². The van der Waals surface area contributed by atoms with Gasteiger partial charge in [0.25, 0.3) is 5.91 Å². The highest BCUT2D eigenvalue weighted by molar-refractivity contribution is 7.07. The fourth-order valence-electron chi connectivity index (χ4n) is 3.98. The molecule has 0 aromatic carbocycles. The molecule has 134 valence electrons. The van der Waals surface area contributed by atoms with Crippen molar-refractivity contribution in [2.45, 2.75) is 44.3 Å². The number of pyridine rings is 1. The number of nitrogens with zero attached hydrogens (tertiary/aromatic N) is 3. The highest BCUT2D eigenvalue weighted by Crippen LogP contribution is 2.37. The van der Waals surface area contributed by atoms with E-state index in [0.29, 0.717) is 23.2 Å². The molecular formula is C18H20N6OS. The van der Waals surface area contributed by atoms with E-state index in [4.69, 9.17) is 5.26 Å². The number of rotatable bonds is 3. The number of carbonyl (C=O) groups excluding carboxylic acids is 1. The highest BCUT2D eigenvalue weighted by Gasteiger charge is 2.42. The maximum atomic E-state index is 12.6. The van der Waals surface area contributed by atoms with E-state index < -0.39 is 0 Å². The number of aromatic nitrogens is 2. The van der Waals surface area contributed by atoms with E-state index in [2.05, 4.69) is 31.5 Å². The minimum atomic E-state index is -0.167. The topological polar surface area (TPSA) is 103 Å². The summed E-state index contributed by atoms with van der Waals surface area (Å²) in [5, 5.41) is 14.1. The zero-order valence-electron chi connectivity index (χ0n) is 14.4. The molecule has 4 unspecified atom stereocenters. The van der Waals surface area contributed by atoms with Gasteiger partial charge >= 0.3 is 0 Å². The molecule has 1 saturated carbocycles. The molecule has 4 atom stereocenters. The molecule has 1 aliphatic heterocycles. The predicted molar refractivity (Wildman–Crippen MR) is 97.2 cm³/mol. The van der Waals surface area contributed by atoms with E-state index in [1.54, 1.807) is 17.4 Å². The molecule has 8 heteroatoms. The number of amides is 1. The predicted octanol–water partition coefficient (Wildman–Crippen LogP) is 1.83. The Hall–Kier alpha value is -2.34. The van der Waals surface area contributed by atoms with Gasteiger partial charge in [-0.15, -0.1) is 11.3 Å². The summed E-state index contributed by atoms with van der Waals surface area (Å²) >= 11 is 1.60. The van der Waals surface area contributed by atoms with Crippen molar-refractivity contribution in [2.75, 3.05) is 0 Å². The first-order chi connectivity index (χ1) is 12.7. The van der Waals surface area contributed by atoms with Crippen molar-refractivity contribution in [1.29, 1.82) is 5.26 Å². The fraction of sp³-hybridized carbons (Fsp3) is 0.444. The molecule has 0 bridgehead atoms. The Morgan fingerprint density at radius 1 is 1.38 bits per heavy atom. The molecule has 7 nitrogen and oxygen atoms in total. The van der Waals surface area contributed by atoms with Gasteiger partial charge < -0.3 is 5.32 Å². The normalized spacial score (nSPS) is 27.5. The summed E-state index contributed by atoms with van der Waals surface area (Å²) in [5.74, 6) is 0.228. The van der Waals surface area contributed by atoms with Crippen LogP contribution in [0.2, 0.25) is 0 Å². The molecule has 26 heavy (non-hydrogen) atoms. The Balaban J connectivity index is 1.44. The van der Waals surface area contributed by atoms with Crippen LogP contribution < -0.4 is 16.2 Å². The van der Waals surface area contributed by atoms with Crippen molar-refractivity contribution in [3.8, 4) is 6.07 Å². The van der Waals surface area contributed by atoms with Crippen LogP contribution in [0.4, 0.5) is 0 Å². The Kier molecular flexibility index (Phi) is 4.68. The van der Waals surface area contributed by atoms with E-state index in [9.17, 15) is 4.79 Å². The van der Waals surface area contributed by atoms with E-state index in [1.807, 2.05) is 18.5 Å². The van der Waals surface area contributed by atoms with Crippen LogP contribution in [0.15, 0.2) is 23.2 Å². The second-order valence-corrected chi connectivity index (χ2v) is 7.65. The average Bonchev–Trinajstić information content (AvgIpc) is 3.30. The Morgan fingerprint density at radius 3 is 3.00 bits per heavy atom. The van der Waals surface area contributed by atoms with Crippen LogP contribution in [0.5, 0.6) is 0 Å². The molecular weight excluding hydrogens is 348 g/mol. The van der Waals surface area contributed by atoms with Crippen LogP contribution in [-0.2, 0) is 0 Å². The van der Waals surface area contributed by atoms with Gasteiger partial charge in [0.05, 0.1) is 22.8 Å². The lowest BCUT2D eigenvalue weighted by Crippen LogP contribution is -2.44. The second-order valence-electron chi connectivity index (χ2n) is 6.93. The molecule has 1 amide bonds. The molecule has 2 aliphatic rings. The lowest BCUT2D eigenvalue weighted by atomic mass is 9.78. The van der Waals surface area contributed by atoms with Gasteiger partial charge in [-0.1, -0.05) is 0 Å². The number of nitriles is 1. The largest absolute Gasteiger partial charge is 0.348 e. The molecule has 2 aromatic heterocycles. The summed E-state index contributed by atoms with van der Waals surface area (Å²) in [6.07, 6.45) is 4.28. The maximum absolute atomic E-state index is 12.6. The number of carbonyl (C=O) groups is 1. The summed E-state index contributed by atoms with van der Waals surface area (Å²) in [5.41, 5.74) is 11.2. The summed E-state index contributed by atoms with van der Waals surface area (Å²) in [6.45, 7) is 1.81. The standard InChI is InChI=1S/C18H20N6OS/c1-10-4-11(6-19)7-20-16(10)18(25)22-12-2-3-14-13(5-12)17(24-23-14)15-8-26-9-21-15/h4,7-9,12-14,17,23-24H,2-3,5H2,1H3,(H,22,25). The third kappa shape index (κ3) is 3.21. The summed E-state index contributed by atoms with van der Waals surface area (Å²) in [4.78, 5) is 21.2. The average molecular weight is 368 g/mol. The number of aryl methyl sites for hydroxylation is 1. The lowest BCUT2D eigenvalue weighted by Gasteiger charge is -2.33. The molecule has 3 N–H and O–H groups in total. The first-order valence-electron chi connectivity index (χ1n) is 8.72. The van der Waals surface area contributed by atoms with Crippen LogP contribution >= 0.6 is 11.3 Å². The van der Waals surface area contributed by atoms with Crippen LogP contribution in [0.25, 0.3) is 0 Å². The van der Waals surface area contributed by atoms with E-state index in [0.717, 1.165) is 30.5 Å². The zero-order chi connectivity index (χ0) is 18.1. The molecule has 1 aliphatic carbocycles. The molecule has 3 heterocycles. The van der Waals surface area contributed by atoms with Crippen molar-refractivity contribution in [1.82, 2.24) is 26.1 Å². The van der Waals surface area contributed by atoms with E-state index in [-0.39, 0.29) is 18.0 Å². The first-order valence-corrected chi connectivity index (χ1v) is 9.66. The van der Waals surface area contributed by atoms with Crippen LogP contribution in [0.3, 0.4) is 0 Å². The van der Waals surface area contributed by atoms with Gasteiger partial charge in [0.1, 0.15) is 11.8 Å². The number of hydrogen-bond donors (Lipinski definition) is 3. The van der Waals surface area contributed by atoms with Crippen molar-refractivity contribution in [2.24, 2.45) is 5.92 Å². The van der Waals surface area contributed by atoms with Gasteiger partial charge in [-0.3, -0.25) is 10.2 Å². The van der Waals surface area contributed by atoms with E-state index in [1.165, 1.54) is 6.20 Å². The number of nitrogens with one attached hydrogen (secondary N) is 3. The first kappa shape index (κ1) is 17.1. The van der Waals surface area contributed by atoms with Crippen molar-refractivity contribution in [3.05, 3.63) is 45.7 Å². The fourth-order valence-corrected chi connectivity index (χ4v) is 4.57. The molecule has 1 saturated heterocycles. The summed E-state index contributed by atoms with van der Waals surface area (Å²) in [6, 6.07) is 4.44. The molecule has 0 radical (unpaired) electrons. The van der Waals surface area contributed by atoms with Gasteiger partial charge in [0.2, 0.25) is 0 Å². The maximum Gasteiger partial charge on any atom is 0.270 e. The minimum absolute atomic E-state index is 0.114. The number of hydrogen-bond acceptors (Lipinski definition) is 7. The Bertz CT molecular complexity index is 846. The number of thiazole rings is 1. The number of hydrazine groups is 1. The van der Waals surface area contributed by atoms with Crippen molar-refractivity contribution < 1.29 is 4.79 Å². The monoisotopic (exact) mass is 368 g/mol. The van der Waals surface area contributed by atoms with Gasteiger partial charge in [-0.05, 0) is 43.7 Å². The minimum Gasteiger partial charge on any atom is -0.348 e. The van der Waals surface area contributed by atoms with Crippen molar-refractivity contribution in [3.63, 3.8) is 0 Å². The third-order valence-electron chi connectivity index (χ3n) is 5.28. The third-order valence-corrected chi connectivity index (χ3v) is 5.88. The molecule has 2 aromatic rings. The molecule has 0 spiro atoms. The SMILES string of the molecule is Cc1cc(C#N)cnc1C(=O)NC1CCC2NNC(c3cscn3)C2C1. The summed E-state index contributed by atoms with van der Waals surface area (Å²) in [7, 11) is 0. The summed E-state index contributed by atoms with van der Waals surface area (Å²) < 4.78 is 0.